The lowest BCUT2D eigenvalue weighted by molar-refractivity contribution is -0.0322. The van der Waals surface area contributed by atoms with Crippen molar-refractivity contribution in [2.24, 2.45) is 0 Å². The first-order valence-electron chi connectivity index (χ1n) is 12.5. The van der Waals surface area contributed by atoms with Crippen molar-refractivity contribution in [2.75, 3.05) is 0 Å². The van der Waals surface area contributed by atoms with E-state index in [0.717, 1.165) is 48.3 Å². The quantitative estimate of drug-likeness (QED) is 0.150. The normalized spacial score (nSPS) is 14.8. The molecule has 0 spiro atoms. The van der Waals surface area contributed by atoms with Crippen LogP contribution < -0.4 is 5.38 Å². The minimum Gasteiger partial charge on any atom is -0.474 e. The van der Waals surface area contributed by atoms with E-state index in [9.17, 15) is 13.6 Å². The molecule has 0 radical (unpaired) electrons. The molecule has 0 fully saturated rings. The van der Waals surface area contributed by atoms with Crippen molar-refractivity contribution in [1.29, 1.82) is 0 Å². The van der Waals surface area contributed by atoms with E-state index in [1.807, 2.05) is 6.07 Å². The molecule has 0 aliphatic rings. The second-order valence-corrected chi connectivity index (χ2v) is 16.5. The molecular formula is C24H47NO4SSi. The number of furan rings is 1. The second kappa shape index (κ2) is 13.8. The van der Waals surface area contributed by atoms with Crippen molar-refractivity contribution in [3.8, 4) is 0 Å². The van der Waals surface area contributed by atoms with E-state index in [-0.39, 0.29) is 0 Å². The lowest BCUT2D eigenvalue weighted by Crippen LogP contribution is -2.45. The molecule has 2 unspecified atom stereocenters. The van der Waals surface area contributed by atoms with Crippen LogP contribution in [0.3, 0.4) is 0 Å². The zero-order valence-corrected chi connectivity index (χ0v) is 22.6. The van der Waals surface area contributed by atoms with Gasteiger partial charge in [0.25, 0.3) is 0 Å². The molecule has 0 saturated heterocycles. The Morgan fingerprint density at radius 1 is 0.935 bits per heavy atom. The summed E-state index contributed by atoms with van der Waals surface area (Å²) in [5.74, 6) is 0. The van der Waals surface area contributed by atoms with Gasteiger partial charge in [-0.05, 0) is 26.3 Å². The molecule has 1 aromatic rings. The van der Waals surface area contributed by atoms with Gasteiger partial charge in [0.1, 0.15) is 8.07 Å². The van der Waals surface area contributed by atoms with Gasteiger partial charge in [0.2, 0.25) is 10.0 Å². The molecule has 5 nitrogen and oxygen atoms in total. The van der Waals surface area contributed by atoms with Gasteiger partial charge in [-0.1, -0.05) is 102 Å². The highest BCUT2D eigenvalue weighted by atomic mass is 32.2. The standard InChI is InChI=1S/C24H47NO4SSi/c1-7-11-12-13-14-15-16-17-18-21(5)30(27,28)25(26)22(6)23-19-24(29-20-23)31(8-2,9-3)10-4/h19-22,26H,7-18H2,1-6H3. The number of sulfonamides is 1. The summed E-state index contributed by atoms with van der Waals surface area (Å²) in [6, 6.07) is 4.62. The highest BCUT2D eigenvalue weighted by molar-refractivity contribution is 7.89. The van der Waals surface area contributed by atoms with Crippen LogP contribution in [0, 0.1) is 0 Å². The van der Waals surface area contributed by atoms with Crippen molar-refractivity contribution in [1.82, 2.24) is 4.47 Å². The lowest BCUT2D eigenvalue weighted by Gasteiger charge is -2.26. The molecule has 0 bridgehead atoms. The van der Waals surface area contributed by atoms with Gasteiger partial charge < -0.3 is 4.42 Å². The fourth-order valence-electron chi connectivity index (χ4n) is 4.37. The average Bonchev–Trinajstić information content (AvgIpc) is 3.26. The highest BCUT2D eigenvalue weighted by Crippen LogP contribution is 2.28. The Morgan fingerprint density at radius 2 is 1.45 bits per heavy atom. The third-order valence-electron chi connectivity index (χ3n) is 7.22. The first kappa shape index (κ1) is 28.4. The highest BCUT2D eigenvalue weighted by Gasteiger charge is 2.36. The number of hydrogen-bond donors (Lipinski definition) is 1. The van der Waals surface area contributed by atoms with Crippen LogP contribution in [0.25, 0.3) is 0 Å². The van der Waals surface area contributed by atoms with Gasteiger partial charge in [0.05, 0.1) is 22.9 Å². The van der Waals surface area contributed by atoms with Crippen LogP contribution in [0.2, 0.25) is 18.1 Å². The van der Waals surface area contributed by atoms with E-state index < -0.39 is 29.4 Å². The molecule has 0 aliphatic carbocycles. The number of nitrogens with zero attached hydrogens (tertiary/aromatic N) is 1. The third kappa shape index (κ3) is 7.72. The largest absolute Gasteiger partial charge is 0.474 e. The zero-order chi connectivity index (χ0) is 23.5. The van der Waals surface area contributed by atoms with Crippen molar-refractivity contribution < 1.29 is 18.0 Å². The van der Waals surface area contributed by atoms with Crippen molar-refractivity contribution in [3.05, 3.63) is 17.9 Å². The van der Waals surface area contributed by atoms with E-state index in [1.165, 1.54) is 32.1 Å². The van der Waals surface area contributed by atoms with Gasteiger partial charge in [0.15, 0.2) is 0 Å². The fourth-order valence-corrected chi connectivity index (χ4v) is 9.09. The minimum atomic E-state index is -3.78. The van der Waals surface area contributed by atoms with E-state index >= 15 is 0 Å². The molecule has 31 heavy (non-hydrogen) atoms. The molecule has 1 aromatic heterocycles. The minimum absolute atomic E-state index is 0.560. The van der Waals surface area contributed by atoms with Crippen molar-refractivity contribution >= 4 is 23.5 Å². The maximum absolute atomic E-state index is 12.9. The third-order valence-corrected chi connectivity index (χ3v) is 14.7. The predicted molar refractivity (Wildman–Crippen MR) is 133 cm³/mol. The topological polar surface area (TPSA) is 70.8 Å². The summed E-state index contributed by atoms with van der Waals surface area (Å²) in [5.41, 5.74) is 0.729. The molecule has 2 atom stereocenters. The van der Waals surface area contributed by atoms with E-state index in [2.05, 4.69) is 27.7 Å². The average molecular weight is 474 g/mol. The Kier molecular flexibility index (Phi) is 12.7. The second-order valence-electron chi connectivity index (χ2n) is 9.15. The summed E-state index contributed by atoms with van der Waals surface area (Å²) < 4.78 is 32.3. The summed E-state index contributed by atoms with van der Waals surface area (Å²) >= 11 is 0. The molecule has 0 aliphatic heterocycles. The number of unbranched alkanes of at least 4 members (excludes halogenated alkanes) is 7. The first-order valence-corrected chi connectivity index (χ1v) is 16.6. The van der Waals surface area contributed by atoms with E-state index in [4.69, 9.17) is 4.42 Å². The van der Waals surface area contributed by atoms with Gasteiger partial charge in [-0.25, -0.2) is 8.42 Å². The summed E-state index contributed by atoms with van der Waals surface area (Å²) in [4.78, 5) is 0. The molecule has 1 N–H and O–H groups in total. The van der Waals surface area contributed by atoms with Gasteiger partial charge in [-0.2, -0.15) is 0 Å². The monoisotopic (exact) mass is 473 g/mol. The van der Waals surface area contributed by atoms with Crippen LogP contribution in [0.4, 0.5) is 0 Å². The van der Waals surface area contributed by atoms with E-state index in [0.29, 0.717) is 10.9 Å². The maximum atomic E-state index is 12.9. The molecule has 0 aromatic carbocycles. The molecular weight excluding hydrogens is 426 g/mol. The van der Waals surface area contributed by atoms with Crippen LogP contribution in [0.1, 0.15) is 111 Å². The summed E-state index contributed by atoms with van der Waals surface area (Å²) in [5, 5.41) is 11.0. The Bertz CT molecular complexity index is 707. The summed E-state index contributed by atoms with van der Waals surface area (Å²) in [7, 11) is -5.45. The van der Waals surface area contributed by atoms with Gasteiger partial charge >= 0.3 is 0 Å². The number of hydroxylamine groups is 1. The van der Waals surface area contributed by atoms with Gasteiger partial charge in [-0.15, -0.1) is 0 Å². The van der Waals surface area contributed by atoms with Crippen LogP contribution in [-0.4, -0.2) is 31.4 Å². The number of rotatable bonds is 17. The Morgan fingerprint density at radius 3 is 1.97 bits per heavy atom. The SMILES string of the molecule is CCCCCCCCCCC(C)S(=O)(=O)N(O)C(C)c1coc([Si](CC)(CC)CC)c1. The van der Waals surface area contributed by atoms with Crippen LogP contribution in [0.15, 0.2) is 16.7 Å². The smallest absolute Gasteiger partial charge is 0.238 e. The van der Waals surface area contributed by atoms with Crippen LogP contribution in [0.5, 0.6) is 0 Å². The number of hydrogen-bond acceptors (Lipinski definition) is 4. The lowest BCUT2D eigenvalue weighted by atomic mass is 10.1. The molecule has 7 heteroatoms. The fraction of sp³-hybridized carbons (Fsp3) is 0.833. The van der Waals surface area contributed by atoms with Crippen LogP contribution in [-0.2, 0) is 10.0 Å². The Balaban J connectivity index is 2.64. The molecule has 1 rings (SSSR count). The Labute approximate surface area is 192 Å². The predicted octanol–water partition coefficient (Wildman–Crippen LogP) is 7.00. The molecule has 182 valence electrons. The van der Waals surface area contributed by atoms with Crippen molar-refractivity contribution in [2.45, 2.75) is 129 Å². The summed E-state index contributed by atoms with van der Waals surface area (Å²) in [6.45, 7) is 12.3. The zero-order valence-electron chi connectivity index (χ0n) is 20.8. The molecule has 1 heterocycles. The summed E-state index contributed by atoms with van der Waals surface area (Å²) in [6.07, 6.45) is 11.7. The van der Waals surface area contributed by atoms with Gasteiger partial charge in [-0.3, -0.25) is 5.21 Å². The molecule has 0 amide bonds. The van der Waals surface area contributed by atoms with E-state index in [1.54, 1.807) is 20.1 Å². The first-order chi connectivity index (χ1) is 14.7. The Hall–Kier alpha value is -0.633. The van der Waals surface area contributed by atoms with Crippen molar-refractivity contribution in [3.63, 3.8) is 0 Å². The molecule has 0 saturated carbocycles. The maximum Gasteiger partial charge on any atom is 0.238 e. The van der Waals surface area contributed by atoms with Crippen LogP contribution >= 0.6 is 0 Å². The van der Waals surface area contributed by atoms with Gasteiger partial charge in [0, 0.05) is 5.56 Å².